The van der Waals surface area contributed by atoms with Crippen molar-refractivity contribution in [1.82, 2.24) is 15.6 Å². The molecule has 2 amide bonds. The van der Waals surface area contributed by atoms with Gasteiger partial charge in [-0.1, -0.05) is 0 Å². The van der Waals surface area contributed by atoms with Crippen LogP contribution in [0.1, 0.15) is 10.5 Å². The van der Waals surface area contributed by atoms with Crippen molar-refractivity contribution < 1.29 is 23.5 Å². The monoisotopic (exact) mass is 265 g/mol. The number of carbonyl (C=O) groups is 2. The molecule has 2 aromatic rings. The highest BCUT2D eigenvalue weighted by Crippen LogP contribution is 2.23. The van der Waals surface area contributed by atoms with Crippen LogP contribution in [0.3, 0.4) is 0 Å². The van der Waals surface area contributed by atoms with Crippen LogP contribution in [0.25, 0.3) is 11.5 Å². The summed E-state index contributed by atoms with van der Waals surface area (Å²) in [6, 6.07) is 3.31. The Morgan fingerprint density at radius 2 is 2.05 bits per heavy atom. The van der Waals surface area contributed by atoms with Crippen LogP contribution in [-0.2, 0) is 0 Å². The summed E-state index contributed by atoms with van der Waals surface area (Å²) in [4.78, 5) is 25.8. The topological polar surface area (TPSA) is 118 Å². The van der Waals surface area contributed by atoms with E-state index in [2.05, 4.69) is 15.6 Å². The molecule has 0 saturated carbocycles. The van der Waals surface area contributed by atoms with Crippen molar-refractivity contribution in [2.24, 2.45) is 0 Å². The van der Waals surface area contributed by atoms with Crippen molar-refractivity contribution in [2.75, 3.05) is 13.1 Å². The van der Waals surface area contributed by atoms with E-state index in [1.165, 1.54) is 6.26 Å². The van der Waals surface area contributed by atoms with Gasteiger partial charge in [0.2, 0.25) is 5.76 Å². The van der Waals surface area contributed by atoms with Crippen LogP contribution in [0.2, 0.25) is 0 Å². The van der Waals surface area contributed by atoms with E-state index in [1.54, 1.807) is 12.1 Å². The summed E-state index contributed by atoms with van der Waals surface area (Å²) in [5, 5.41) is 13.0. The maximum absolute atomic E-state index is 11.8. The van der Waals surface area contributed by atoms with Gasteiger partial charge in [0, 0.05) is 13.1 Å². The first-order valence-electron chi connectivity index (χ1n) is 5.41. The molecule has 0 bridgehead atoms. The Hall–Kier alpha value is -2.77. The van der Waals surface area contributed by atoms with E-state index in [0.717, 1.165) is 6.39 Å². The van der Waals surface area contributed by atoms with Gasteiger partial charge in [-0.25, -0.2) is 9.78 Å². The first kappa shape index (κ1) is 12.7. The Bertz CT molecular complexity index is 561. The molecule has 100 valence electrons. The second-order valence-electron chi connectivity index (χ2n) is 3.50. The zero-order valence-corrected chi connectivity index (χ0v) is 9.75. The number of aromatic nitrogens is 1. The van der Waals surface area contributed by atoms with E-state index in [-0.39, 0.29) is 24.5 Å². The number of nitrogens with one attached hydrogen (secondary N) is 2. The first-order valence-corrected chi connectivity index (χ1v) is 5.41. The minimum atomic E-state index is -1.15. The number of amides is 2. The molecule has 2 aromatic heterocycles. The molecular weight excluding hydrogens is 254 g/mol. The van der Waals surface area contributed by atoms with Crippen molar-refractivity contribution in [3.05, 3.63) is 30.5 Å². The van der Waals surface area contributed by atoms with Crippen molar-refractivity contribution >= 4 is 12.0 Å². The lowest BCUT2D eigenvalue weighted by Crippen LogP contribution is -2.34. The van der Waals surface area contributed by atoms with E-state index in [9.17, 15) is 9.59 Å². The minimum absolute atomic E-state index is 0.0882. The summed E-state index contributed by atoms with van der Waals surface area (Å²) in [5.74, 6) is 0.160. The predicted molar refractivity (Wildman–Crippen MR) is 62.6 cm³/mol. The number of oxazole rings is 1. The average molecular weight is 265 g/mol. The predicted octanol–water partition coefficient (Wildman–Crippen LogP) is 0.932. The number of carbonyl (C=O) groups excluding carboxylic acids is 1. The Kier molecular flexibility index (Phi) is 3.81. The Morgan fingerprint density at radius 3 is 2.74 bits per heavy atom. The van der Waals surface area contributed by atoms with E-state index < -0.39 is 12.0 Å². The van der Waals surface area contributed by atoms with Crippen molar-refractivity contribution in [3.8, 4) is 11.5 Å². The van der Waals surface area contributed by atoms with Gasteiger partial charge in [-0.2, -0.15) is 0 Å². The highest BCUT2D eigenvalue weighted by molar-refractivity contribution is 5.97. The molecule has 8 nitrogen and oxygen atoms in total. The molecule has 0 saturated heterocycles. The van der Waals surface area contributed by atoms with Crippen LogP contribution in [0.15, 0.2) is 33.6 Å². The van der Waals surface area contributed by atoms with Gasteiger partial charge in [0.05, 0.1) is 6.26 Å². The quantitative estimate of drug-likeness (QED) is 0.692. The summed E-state index contributed by atoms with van der Waals surface area (Å²) in [6.07, 6.45) is 1.45. The molecule has 0 fully saturated rings. The van der Waals surface area contributed by atoms with Gasteiger partial charge in [-0.15, -0.1) is 0 Å². The third-order valence-electron chi connectivity index (χ3n) is 2.21. The second kappa shape index (κ2) is 5.71. The minimum Gasteiger partial charge on any atom is -0.465 e. The molecule has 8 heteroatoms. The largest absolute Gasteiger partial charge is 0.465 e. The molecule has 2 rings (SSSR count). The molecule has 0 radical (unpaired) electrons. The van der Waals surface area contributed by atoms with Gasteiger partial charge in [0.1, 0.15) is 0 Å². The zero-order chi connectivity index (χ0) is 13.7. The summed E-state index contributed by atoms with van der Waals surface area (Å²) < 4.78 is 10.2. The molecule has 3 N–H and O–H groups in total. The smallest absolute Gasteiger partial charge is 0.404 e. The normalized spacial score (nSPS) is 10.1. The average Bonchev–Trinajstić information content (AvgIpc) is 3.02. The Balaban J connectivity index is 1.97. The Morgan fingerprint density at radius 1 is 1.26 bits per heavy atom. The molecule has 0 spiro atoms. The molecular formula is C11H11N3O5. The molecule has 0 aromatic carbocycles. The maximum atomic E-state index is 11.8. The standard InChI is InChI=1S/C11H11N3O5/c15-10(12-3-4-13-11(16)17)8-9(19-6-14-8)7-2-1-5-18-7/h1-2,5-6,13H,3-4H2,(H,12,15)(H,16,17). The molecule has 19 heavy (non-hydrogen) atoms. The molecule has 0 unspecified atom stereocenters. The lowest BCUT2D eigenvalue weighted by atomic mass is 10.2. The zero-order valence-electron chi connectivity index (χ0n) is 9.75. The van der Waals surface area contributed by atoms with Gasteiger partial charge >= 0.3 is 6.09 Å². The second-order valence-corrected chi connectivity index (χ2v) is 3.50. The third kappa shape index (κ3) is 3.12. The summed E-state index contributed by atoms with van der Waals surface area (Å²) in [6.45, 7) is 0.255. The van der Waals surface area contributed by atoms with Crippen LogP contribution in [0, 0.1) is 0 Å². The molecule has 0 aliphatic rings. The molecule has 0 aliphatic carbocycles. The van der Waals surface area contributed by atoms with Crippen LogP contribution in [0.4, 0.5) is 4.79 Å². The van der Waals surface area contributed by atoms with Gasteiger partial charge in [-0.05, 0) is 12.1 Å². The highest BCUT2D eigenvalue weighted by atomic mass is 16.4. The summed E-state index contributed by atoms with van der Waals surface area (Å²) in [5.41, 5.74) is 0.0882. The van der Waals surface area contributed by atoms with Crippen molar-refractivity contribution in [3.63, 3.8) is 0 Å². The molecule has 0 atom stereocenters. The lowest BCUT2D eigenvalue weighted by molar-refractivity contribution is 0.0948. The number of furan rings is 1. The number of nitrogens with zero attached hydrogens (tertiary/aromatic N) is 1. The van der Waals surface area contributed by atoms with Crippen LogP contribution in [0.5, 0.6) is 0 Å². The fourth-order valence-electron chi connectivity index (χ4n) is 1.42. The van der Waals surface area contributed by atoms with Gasteiger partial charge in [0.25, 0.3) is 5.91 Å². The van der Waals surface area contributed by atoms with Gasteiger partial charge in [0.15, 0.2) is 17.8 Å². The van der Waals surface area contributed by atoms with Crippen molar-refractivity contribution in [2.45, 2.75) is 0 Å². The van der Waals surface area contributed by atoms with E-state index in [1.807, 2.05) is 0 Å². The highest BCUT2D eigenvalue weighted by Gasteiger charge is 2.19. The van der Waals surface area contributed by atoms with Gasteiger partial charge < -0.3 is 24.6 Å². The number of carboxylic acid groups (broad SMARTS) is 1. The third-order valence-corrected chi connectivity index (χ3v) is 2.21. The van der Waals surface area contributed by atoms with E-state index in [4.69, 9.17) is 13.9 Å². The molecule has 0 aliphatic heterocycles. The van der Waals surface area contributed by atoms with Crippen LogP contribution < -0.4 is 10.6 Å². The summed E-state index contributed by atoms with van der Waals surface area (Å²) >= 11 is 0. The number of rotatable bonds is 5. The number of hydrogen-bond acceptors (Lipinski definition) is 5. The maximum Gasteiger partial charge on any atom is 0.404 e. The molecule has 2 heterocycles. The summed E-state index contributed by atoms with van der Waals surface area (Å²) in [7, 11) is 0. The Labute approximate surface area is 107 Å². The lowest BCUT2D eigenvalue weighted by Gasteiger charge is -2.03. The fraction of sp³-hybridized carbons (Fsp3) is 0.182. The fourth-order valence-corrected chi connectivity index (χ4v) is 1.42. The van der Waals surface area contributed by atoms with Gasteiger partial charge in [-0.3, -0.25) is 4.79 Å². The van der Waals surface area contributed by atoms with E-state index >= 15 is 0 Å². The van der Waals surface area contributed by atoms with Crippen LogP contribution >= 0.6 is 0 Å². The van der Waals surface area contributed by atoms with Crippen molar-refractivity contribution in [1.29, 1.82) is 0 Å². The first-order chi connectivity index (χ1) is 9.18. The van der Waals surface area contributed by atoms with E-state index in [0.29, 0.717) is 5.76 Å². The van der Waals surface area contributed by atoms with Crippen LogP contribution in [-0.4, -0.2) is 35.2 Å². The SMILES string of the molecule is O=C(O)NCCNC(=O)c1ncoc1-c1ccco1. The number of hydrogen-bond donors (Lipinski definition) is 3.